The molecule has 2 aliphatic rings. The first-order chi connectivity index (χ1) is 17.5. The largest absolute Gasteiger partial charge is 0.493 e. The SMILES string of the molecule is CC1(C)N=C(N)N=C(N)N1c1ccc(OCCCOc2ccc(N3C(N)=NC(N)=NC3(C)C)cc2)cc1.Cl.Cl. The third-order valence-corrected chi connectivity index (χ3v) is 5.80. The average Bonchev–Trinajstić information content (AvgIpc) is 2.78. The molecule has 8 N–H and O–H groups in total. The first-order valence-corrected chi connectivity index (χ1v) is 11.9. The molecule has 0 aromatic heterocycles. The van der Waals surface area contributed by atoms with E-state index in [0.29, 0.717) is 31.6 Å². The lowest BCUT2D eigenvalue weighted by atomic mass is 10.1. The fourth-order valence-corrected chi connectivity index (χ4v) is 4.32. The maximum absolute atomic E-state index is 6.09. The summed E-state index contributed by atoms with van der Waals surface area (Å²) in [6.07, 6.45) is 0.711. The minimum absolute atomic E-state index is 0. The Balaban J connectivity index is 0.00000267. The zero-order chi connectivity index (χ0) is 26.8. The normalized spacial score (nSPS) is 17.4. The zero-order valence-corrected chi connectivity index (χ0v) is 24.0. The molecule has 14 heteroatoms. The van der Waals surface area contributed by atoms with Gasteiger partial charge in [0.25, 0.3) is 0 Å². The zero-order valence-electron chi connectivity index (χ0n) is 22.4. The Labute approximate surface area is 240 Å². The molecule has 0 unspecified atom stereocenters. The minimum Gasteiger partial charge on any atom is -0.493 e. The van der Waals surface area contributed by atoms with Crippen LogP contribution in [0.15, 0.2) is 68.5 Å². The lowest BCUT2D eigenvalue weighted by molar-refractivity contribution is 0.247. The van der Waals surface area contributed by atoms with Gasteiger partial charge in [0.2, 0.25) is 23.8 Å². The minimum atomic E-state index is -0.639. The number of guanidine groups is 4. The van der Waals surface area contributed by atoms with Gasteiger partial charge in [0, 0.05) is 17.8 Å². The molecule has 0 atom stereocenters. The summed E-state index contributed by atoms with van der Waals surface area (Å²) in [4.78, 5) is 20.5. The second-order valence-corrected chi connectivity index (χ2v) is 9.58. The second kappa shape index (κ2) is 12.3. The fourth-order valence-electron chi connectivity index (χ4n) is 4.32. The van der Waals surface area contributed by atoms with Crippen LogP contribution in [0.1, 0.15) is 34.1 Å². The van der Waals surface area contributed by atoms with Gasteiger partial charge in [-0.2, -0.15) is 9.98 Å². The predicted molar refractivity (Wildman–Crippen MR) is 163 cm³/mol. The van der Waals surface area contributed by atoms with Crippen molar-refractivity contribution in [3.63, 3.8) is 0 Å². The molecule has 0 spiro atoms. The van der Waals surface area contributed by atoms with Crippen molar-refractivity contribution >= 4 is 60.0 Å². The number of aliphatic imine (C=N–C) groups is 4. The molecule has 0 saturated heterocycles. The molecule has 2 aromatic rings. The number of halogens is 2. The maximum atomic E-state index is 6.09. The molecule has 0 bridgehead atoms. The lowest BCUT2D eigenvalue weighted by Gasteiger charge is -2.38. The first-order valence-electron chi connectivity index (χ1n) is 11.9. The lowest BCUT2D eigenvalue weighted by Crippen LogP contribution is -2.54. The molecule has 2 aromatic carbocycles. The number of hydrogen-bond acceptors (Lipinski definition) is 12. The molecule has 0 saturated carbocycles. The molecule has 0 amide bonds. The smallest absolute Gasteiger partial charge is 0.220 e. The quantitative estimate of drug-likeness (QED) is 0.345. The van der Waals surface area contributed by atoms with Crippen LogP contribution in [-0.2, 0) is 0 Å². The summed E-state index contributed by atoms with van der Waals surface area (Å²) in [5, 5.41) is 0. The predicted octanol–water partition coefficient (Wildman–Crippen LogP) is 2.75. The van der Waals surface area contributed by atoms with Crippen LogP contribution in [0.25, 0.3) is 0 Å². The summed E-state index contributed by atoms with van der Waals surface area (Å²) in [5.41, 5.74) is 24.1. The number of rotatable bonds is 8. The van der Waals surface area contributed by atoms with Crippen LogP contribution in [0.2, 0.25) is 0 Å². The molecule has 212 valence electrons. The topological polar surface area (TPSA) is 178 Å². The Morgan fingerprint density at radius 1 is 0.615 bits per heavy atom. The van der Waals surface area contributed by atoms with Crippen LogP contribution in [0.4, 0.5) is 11.4 Å². The highest BCUT2D eigenvalue weighted by Crippen LogP contribution is 2.30. The third kappa shape index (κ3) is 7.15. The van der Waals surface area contributed by atoms with Gasteiger partial charge in [-0.25, -0.2) is 9.98 Å². The van der Waals surface area contributed by atoms with Gasteiger partial charge in [-0.1, -0.05) is 0 Å². The van der Waals surface area contributed by atoms with E-state index in [1.54, 1.807) is 0 Å². The summed E-state index contributed by atoms with van der Waals surface area (Å²) in [5.74, 6) is 2.42. The van der Waals surface area contributed by atoms with Crippen LogP contribution in [0.3, 0.4) is 0 Å². The standard InChI is InChI=1S/C25H34N10O2.2ClH/c1-24(2)32-20(26)30-22(28)34(24)16-6-10-18(11-7-16)36-14-5-15-37-19-12-8-17(9-13-19)35-23(29)31-21(27)33-25(35,3)4;;/h6-13H,5,14-15H2,1-4H3,(H4,26,28,30,32)(H4,27,29,31,33);2*1H. The molecule has 0 radical (unpaired) electrons. The van der Waals surface area contributed by atoms with Gasteiger partial charge in [-0.05, 0) is 76.2 Å². The highest BCUT2D eigenvalue weighted by molar-refractivity contribution is 6.06. The second-order valence-electron chi connectivity index (χ2n) is 9.58. The number of anilines is 2. The van der Waals surface area contributed by atoms with E-state index in [2.05, 4.69) is 20.0 Å². The van der Waals surface area contributed by atoms with E-state index in [1.165, 1.54) is 0 Å². The van der Waals surface area contributed by atoms with Crippen LogP contribution in [0.5, 0.6) is 11.5 Å². The van der Waals surface area contributed by atoms with Crippen molar-refractivity contribution in [1.29, 1.82) is 0 Å². The van der Waals surface area contributed by atoms with Crippen molar-refractivity contribution in [2.75, 3.05) is 23.0 Å². The maximum Gasteiger partial charge on any atom is 0.220 e. The highest BCUT2D eigenvalue weighted by atomic mass is 35.5. The molecule has 4 rings (SSSR count). The van der Waals surface area contributed by atoms with Crippen LogP contribution < -0.4 is 42.2 Å². The summed E-state index contributed by atoms with van der Waals surface area (Å²) < 4.78 is 11.7. The Morgan fingerprint density at radius 2 is 0.949 bits per heavy atom. The van der Waals surface area contributed by atoms with Crippen molar-refractivity contribution in [2.45, 2.75) is 45.4 Å². The summed E-state index contributed by atoms with van der Waals surface area (Å²) in [6.45, 7) is 8.69. The van der Waals surface area contributed by atoms with Crippen molar-refractivity contribution < 1.29 is 9.47 Å². The number of benzene rings is 2. The molecule has 39 heavy (non-hydrogen) atoms. The number of nitrogens with zero attached hydrogens (tertiary/aromatic N) is 6. The molecular weight excluding hydrogens is 543 g/mol. The molecule has 0 aliphatic carbocycles. The molecule has 2 aliphatic heterocycles. The molecule has 0 fully saturated rings. The first kappa shape index (κ1) is 31.3. The van der Waals surface area contributed by atoms with Gasteiger partial charge in [0.15, 0.2) is 0 Å². The fraction of sp³-hybridized carbons (Fsp3) is 0.360. The Bertz CT molecular complexity index is 1160. The van der Waals surface area contributed by atoms with E-state index in [1.807, 2.05) is 86.0 Å². The van der Waals surface area contributed by atoms with Gasteiger partial charge < -0.3 is 32.4 Å². The van der Waals surface area contributed by atoms with Gasteiger partial charge in [0.05, 0.1) is 13.2 Å². The van der Waals surface area contributed by atoms with E-state index >= 15 is 0 Å². The number of hydrogen-bond donors (Lipinski definition) is 4. The van der Waals surface area contributed by atoms with E-state index in [-0.39, 0.29) is 36.7 Å². The van der Waals surface area contributed by atoms with Crippen LogP contribution in [0, 0.1) is 0 Å². The van der Waals surface area contributed by atoms with Crippen LogP contribution in [-0.4, -0.2) is 48.4 Å². The van der Waals surface area contributed by atoms with Crippen LogP contribution >= 0.6 is 24.8 Å². The van der Waals surface area contributed by atoms with Crippen molar-refractivity contribution in [3.05, 3.63) is 48.5 Å². The summed E-state index contributed by atoms with van der Waals surface area (Å²) in [7, 11) is 0. The van der Waals surface area contributed by atoms with Gasteiger partial charge in [0.1, 0.15) is 22.8 Å². The highest BCUT2D eigenvalue weighted by Gasteiger charge is 2.34. The van der Waals surface area contributed by atoms with E-state index in [4.69, 9.17) is 32.4 Å². The number of ether oxygens (including phenoxy) is 2. The average molecular weight is 580 g/mol. The van der Waals surface area contributed by atoms with Gasteiger partial charge in [-0.15, -0.1) is 24.8 Å². The van der Waals surface area contributed by atoms with Crippen molar-refractivity contribution in [3.8, 4) is 11.5 Å². The Hall–Kier alpha value is -3.90. The Morgan fingerprint density at radius 3 is 1.26 bits per heavy atom. The summed E-state index contributed by atoms with van der Waals surface area (Å²) in [6, 6.07) is 15.2. The summed E-state index contributed by atoms with van der Waals surface area (Å²) >= 11 is 0. The van der Waals surface area contributed by atoms with Gasteiger partial charge >= 0.3 is 0 Å². The molecule has 12 nitrogen and oxygen atoms in total. The molecular formula is C25H36Cl2N10O2. The van der Waals surface area contributed by atoms with Gasteiger partial charge in [-0.3, -0.25) is 9.80 Å². The third-order valence-electron chi connectivity index (χ3n) is 5.80. The Kier molecular flexibility index (Phi) is 9.88. The monoisotopic (exact) mass is 578 g/mol. The van der Waals surface area contributed by atoms with E-state index in [9.17, 15) is 0 Å². The van der Waals surface area contributed by atoms with E-state index < -0.39 is 11.3 Å². The van der Waals surface area contributed by atoms with Crippen molar-refractivity contribution in [1.82, 2.24) is 0 Å². The number of nitrogens with two attached hydrogens (primary N) is 4. The molecule has 2 heterocycles. The van der Waals surface area contributed by atoms with E-state index in [0.717, 1.165) is 22.9 Å². The van der Waals surface area contributed by atoms with Crippen molar-refractivity contribution in [2.24, 2.45) is 42.9 Å².